The van der Waals surface area contributed by atoms with Crippen LogP contribution in [0.25, 0.3) is 21.8 Å². The molecule has 3 aromatic carbocycles. The number of carbonyl (C=O) groups is 1. The van der Waals surface area contributed by atoms with Gasteiger partial charge in [0.2, 0.25) is 5.91 Å². The van der Waals surface area contributed by atoms with E-state index >= 15 is 0 Å². The summed E-state index contributed by atoms with van der Waals surface area (Å²) < 4.78 is 2.02. The number of carbonyl (C=O) groups excluding carboxylic acids is 1. The molecular formula is C23H22N4O. The molecule has 0 spiro atoms. The van der Waals surface area contributed by atoms with E-state index in [4.69, 9.17) is 11.1 Å². The summed E-state index contributed by atoms with van der Waals surface area (Å²) in [5.74, 6) is 0.0200. The van der Waals surface area contributed by atoms with Crippen LogP contribution >= 0.6 is 0 Å². The number of hydrogen-bond acceptors (Lipinski definition) is 2. The van der Waals surface area contributed by atoms with E-state index in [0.29, 0.717) is 12.1 Å². The van der Waals surface area contributed by atoms with Crippen LogP contribution in [0.3, 0.4) is 0 Å². The number of benzene rings is 3. The van der Waals surface area contributed by atoms with Crippen molar-refractivity contribution in [2.75, 3.05) is 6.54 Å². The van der Waals surface area contributed by atoms with Crippen LogP contribution in [0.5, 0.6) is 0 Å². The van der Waals surface area contributed by atoms with Crippen molar-refractivity contribution in [2.45, 2.75) is 13.0 Å². The first-order valence-electron chi connectivity index (χ1n) is 9.29. The van der Waals surface area contributed by atoms with Gasteiger partial charge in [0.15, 0.2) is 0 Å². The topological polar surface area (TPSA) is 83.9 Å². The van der Waals surface area contributed by atoms with Crippen molar-refractivity contribution < 1.29 is 4.79 Å². The molecule has 5 heteroatoms. The Morgan fingerprint density at radius 3 is 2.43 bits per heavy atom. The fourth-order valence-electron chi connectivity index (χ4n) is 3.58. The maximum Gasteiger partial charge on any atom is 0.239 e. The van der Waals surface area contributed by atoms with Crippen molar-refractivity contribution >= 4 is 33.5 Å². The fourth-order valence-corrected chi connectivity index (χ4v) is 3.58. The van der Waals surface area contributed by atoms with Gasteiger partial charge in [-0.3, -0.25) is 10.2 Å². The molecule has 28 heavy (non-hydrogen) atoms. The zero-order chi connectivity index (χ0) is 19.5. The molecular weight excluding hydrogens is 348 g/mol. The standard InChI is InChI=1S/C23H22N4O/c24-23(25)17-10-11-21-19(14-17)18-8-4-5-9-20(18)27(21)15-22(28)26-13-12-16-6-2-1-3-7-16/h1-11,14H,12-13,15H2,(H3,24,25)(H,26,28). The molecule has 0 saturated carbocycles. The van der Waals surface area contributed by atoms with Crippen LogP contribution in [0.2, 0.25) is 0 Å². The molecule has 1 aromatic heterocycles. The largest absolute Gasteiger partial charge is 0.384 e. The molecule has 1 heterocycles. The van der Waals surface area contributed by atoms with Crippen molar-refractivity contribution in [1.29, 1.82) is 5.41 Å². The summed E-state index contributed by atoms with van der Waals surface area (Å²) in [6.45, 7) is 0.854. The highest BCUT2D eigenvalue weighted by Crippen LogP contribution is 2.29. The Morgan fingerprint density at radius 2 is 1.64 bits per heavy atom. The number of nitrogens with one attached hydrogen (secondary N) is 2. The number of nitrogen functional groups attached to an aromatic ring is 1. The van der Waals surface area contributed by atoms with Gasteiger partial charge in [-0.1, -0.05) is 48.5 Å². The van der Waals surface area contributed by atoms with Crippen molar-refractivity contribution in [2.24, 2.45) is 5.73 Å². The van der Waals surface area contributed by atoms with Crippen molar-refractivity contribution in [3.05, 3.63) is 83.9 Å². The Morgan fingerprint density at radius 1 is 0.929 bits per heavy atom. The highest BCUT2D eigenvalue weighted by atomic mass is 16.1. The minimum absolute atomic E-state index is 0.0192. The number of amides is 1. The third kappa shape index (κ3) is 3.47. The minimum atomic E-state index is -0.0192. The molecule has 5 nitrogen and oxygen atoms in total. The number of rotatable bonds is 6. The molecule has 1 amide bonds. The first-order chi connectivity index (χ1) is 13.6. The highest BCUT2D eigenvalue weighted by molar-refractivity contribution is 6.11. The maximum atomic E-state index is 12.6. The van der Waals surface area contributed by atoms with Gasteiger partial charge in [0, 0.05) is 33.9 Å². The Labute approximate surface area is 163 Å². The van der Waals surface area contributed by atoms with Crippen LogP contribution in [-0.2, 0) is 17.8 Å². The van der Waals surface area contributed by atoms with Gasteiger partial charge in [0.25, 0.3) is 0 Å². The smallest absolute Gasteiger partial charge is 0.239 e. The van der Waals surface area contributed by atoms with E-state index in [-0.39, 0.29) is 18.3 Å². The molecule has 0 atom stereocenters. The monoisotopic (exact) mass is 370 g/mol. The Bertz CT molecular complexity index is 1160. The van der Waals surface area contributed by atoms with Gasteiger partial charge in [-0.25, -0.2) is 0 Å². The van der Waals surface area contributed by atoms with Crippen molar-refractivity contribution in [1.82, 2.24) is 9.88 Å². The van der Waals surface area contributed by atoms with Crippen LogP contribution < -0.4 is 11.1 Å². The lowest BCUT2D eigenvalue weighted by Crippen LogP contribution is -2.29. The first-order valence-corrected chi connectivity index (χ1v) is 9.29. The van der Waals surface area contributed by atoms with E-state index in [0.717, 1.165) is 28.2 Å². The van der Waals surface area contributed by atoms with E-state index < -0.39 is 0 Å². The molecule has 0 radical (unpaired) electrons. The summed E-state index contributed by atoms with van der Waals surface area (Å²) in [5.41, 5.74) is 9.50. The van der Waals surface area contributed by atoms with E-state index in [2.05, 4.69) is 17.4 Å². The van der Waals surface area contributed by atoms with E-state index in [1.54, 1.807) is 0 Å². The van der Waals surface area contributed by atoms with Crippen LogP contribution in [0.15, 0.2) is 72.8 Å². The Kier molecular flexibility index (Phi) is 4.81. The Hall–Kier alpha value is -3.60. The summed E-state index contributed by atoms with van der Waals surface area (Å²) in [7, 11) is 0. The molecule has 140 valence electrons. The number of fused-ring (bicyclic) bond motifs is 3. The molecule has 0 aliphatic rings. The maximum absolute atomic E-state index is 12.6. The molecule has 0 fully saturated rings. The summed E-state index contributed by atoms with van der Waals surface area (Å²) in [6, 6.07) is 23.8. The normalized spacial score (nSPS) is 11.0. The number of nitrogens with two attached hydrogens (primary N) is 1. The van der Waals surface area contributed by atoms with E-state index in [1.165, 1.54) is 5.56 Å². The molecule has 0 saturated heterocycles. The second-order valence-corrected chi connectivity index (χ2v) is 6.83. The van der Waals surface area contributed by atoms with Gasteiger partial charge < -0.3 is 15.6 Å². The van der Waals surface area contributed by atoms with Gasteiger partial charge in [-0.15, -0.1) is 0 Å². The zero-order valence-corrected chi connectivity index (χ0v) is 15.5. The van der Waals surface area contributed by atoms with Crippen molar-refractivity contribution in [3.63, 3.8) is 0 Å². The lowest BCUT2D eigenvalue weighted by atomic mass is 10.1. The second kappa shape index (κ2) is 7.56. The van der Waals surface area contributed by atoms with Crippen LogP contribution in [-0.4, -0.2) is 22.9 Å². The number of para-hydroxylation sites is 1. The second-order valence-electron chi connectivity index (χ2n) is 6.83. The number of aromatic nitrogens is 1. The quantitative estimate of drug-likeness (QED) is 0.359. The molecule has 0 aliphatic carbocycles. The summed E-state index contributed by atoms with van der Waals surface area (Å²) >= 11 is 0. The first kappa shape index (κ1) is 17.8. The van der Waals surface area contributed by atoms with Crippen LogP contribution in [0.4, 0.5) is 0 Å². The van der Waals surface area contributed by atoms with Crippen LogP contribution in [0.1, 0.15) is 11.1 Å². The number of amidine groups is 1. The number of nitrogens with zero attached hydrogens (tertiary/aromatic N) is 1. The zero-order valence-electron chi connectivity index (χ0n) is 15.5. The van der Waals surface area contributed by atoms with E-state index in [1.807, 2.05) is 65.2 Å². The molecule has 0 aliphatic heterocycles. The predicted octanol–water partition coefficient (Wildman–Crippen LogP) is 3.44. The number of hydrogen-bond donors (Lipinski definition) is 3. The molecule has 4 N–H and O–H groups in total. The van der Waals surface area contributed by atoms with Gasteiger partial charge in [-0.2, -0.15) is 0 Å². The predicted molar refractivity (Wildman–Crippen MR) is 114 cm³/mol. The Balaban J connectivity index is 1.58. The molecule has 4 aromatic rings. The minimum Gasteiger partial charge on any atom is -0.384 e. The van der Waals surface area contributed by atoms with Crippen LogP contribution in [0, 0.1) is 5.41 Å². The van der Waals surface area contributed by atoms with Gasteiger partial charge in [0.1, 0.15) is 12.4 Å². The summed E-state index contributed by atoms with van der Waals surface area (Å²) in [5, 5.41) is 12.8. The fraction of sp³-hybridized carbons (Fsp3) is 0.130. The summed E-state index contributed by atoms with van der Waals surface area (Å²) in [4.78, 5) is 12.6. The van der Waals surface area contributed by atoms with E-state index in [9.17, 15) is 4.79 Å². The van der Waals surface area contributed by atoms with Gasteiger partial charge >= 0.3 is 0 Å². The molecule has 4 rings (SSSR count). The van der Waals surface area contributed by atoms with Gasteiger partial charge in [0.05, 0.1) is 0 Å². The SMILES string of the molecule is N=C(N)c1ccc2c(c1)c1ccccc1n2CC(=O)NCCc1ccccc1. The average Bonchev–Trinajstić information content (AvgIpc) is 3.02. The third-order valence-electron chi connectivity index (χ3n) is 4.96. The average molecular weight is 370 g/mol. The highest BCUT2D eigenvalue weighted by Gasteiger charge is 2.14. The lowest BCUT2D eigenvalue weighted by molar-refractivity contribution is -0.121. The summed E-state index contributed by atoms with van der Waals surface area (Å²) in [6.07, 6.45) is 0.807. The molecule has 0 unspecified atom stereocenters. The third-order valence-corrected chi connectivity index (χ3v) is 4.96. The van der Waals surface area contributed by atoms with Crippen molar-refractivity contribution in [3.8, 4) is 0 Å². The van der Waals surface area contributed by atoms with Gasteiger partial charge in [-0.05, 0) is 36.2 Å². The molecule has 0 bridgehead atoms. The lowest BCUT2D eigenvalue weighted by Gasteiger charge is -2.09.